The van der Waals surface area contributed by atoms with Gasteiger partial charge in [0, 0.05) is 13.1 Å². The Kier molecular flexibility index (Phi) is 7.08. The number of amides is 1. The van der Waals surface area contributed by atoms with Gasteiger partial charge in [0.2, 0.25) is 0 Å². The molecule has 1 unspecified atom stereocenters. The summed E-state index contributed by atoms with van der Waals surface area (Å²) in [6.07, 6.45) is -0.0195. The van der Waals surface area contributed by atoms with Crippen molar-refractivity contribution in [2.45, 2.75) is 39.8 Å². The van der Waals surface area contributed by atoms with Crippen molar-refractivity contribution in [3.8, 4) is 5.75 Å². The van der Waals surface area contributed by atoms with Crippen LogP contribution in [0.25, 0.3) is 0 Å². The molecular formula is C15H22F2N2O2. The quantitative estimate of drug-likeness (QED) is 0.725. The number of ether oxygens (including phenoxy) is 1. The summed E-state index contributed by atoms with van der Waals surface area (Å²) < 4.78 is 32.9. The smallest absolute Gasteiger partial charge is 0.260 e. The monoisotopic (exact) mass is 300 g/mol. The normalized spacial score (nSPS) is 12.0. The fourth-order valence-corrected chi connectivity index (χ4v) is 1.78. The number of rotatable bonds is 8. The van der Waals surface area contributed by atoms with E-state index in [2.05, 4.69) is 10.6 Å². The van der Waals surface area contributed by atoms with Gasteiger partial charge in [-0.2, -0.15) is 0 Å². The predicted octanol–water partition coefficient (Wildman–Crippen LogP) is 2.37. The summed E-state index contributed by atoms with van der Waals surface area (Å²) in [5.41, 5.74) is 0.497. The highest BCUT2D eigenvalue weighted by molar-refractivity contribution is 5.80. The van der Waals surface area contributed by atoms with Crippen molar-refractivity contribution in [2.75, 3.05) is 13.1 Å². The van der Waals surface area contributed by atoms with E-state index in [1.54, 1.807) is 6.92 Å². The second kappa shape index (κ2) is 8.56. The molecule has 1 atom stereocenters. The second-order valence-corrected chi connectivity index (χ2v) is 4.72. The summed E-state index contributed by atoms with van der Waals surface area (Å²) >= 11 is 0. The molecular weight excluding hydrogens is 278 g/mol. The van der Waals surface area contributed by atoms with Gasteiger partial charge in [0.15, 0.2) is 23.5 Å². The maximum Gasteiger partial charge on any atom is 0.260 e. The molecule has 1 aromatic rings. The van der Waals surface area contributed by atoms with Crippen LogP contribution in [0.4, 0.5) is 8.78 Å². The standard InChI is InChI=1S/C15H22F2N2O2/c1-4-6-18-9-11-7-12(16)14(13(17)8-11)21-10(3)15(20)19-5-2/h7-8,10,18H,4-6,9H2,1-3H3,(H,19,20). The Hall–Kier alpha value is -1.69. The lowest BCUT2D eigenvalue weighted by Crippen LogP contribution is -2.36. The Morgan fingerprint density at radius 1 is 1.29 bits per heavy atom. The van der Waals surface area contributed by atoms with Crippen LogP contribution >= 0.6 is 0 Å². The number of halogens is 2. The lowest BCUT2D eigenvalue weighted by atomic mass is 10.2. The first-order chi connectivity index (χ1) is 9.99. The highest BCUT2D eigenvalue weighted by Gasteiger charge is 2.19. The van der Waals surface area contributed by atoms with E-state index in [0.717, 1.165) is 13.0 Å². The van der Waals surface area contributed by atoms with E-state index < -0.39 is 29.4 Å². The van der Waals surface area contributed by atoms with Gasteiger partial charge in [-0.15, -0.1) is 0 Å². The molecule has 0 aromatic heterocycles. The largest absolute Gasteiger partial charge is 0.475 e. The van der Waals surface area contributed by atoms with Crippen molar-refractivity contribution in [1.29, 1.82) is 0 Å². The molecule has 4 nitrogen and oxygen atoms in total. The second-order valence-electron chi connectivity index (χ2n) is 4.72. The Bertz CT molecular complexity index is 458. The zero-order valence-electron chi connectivity index (χ0n) is 12.6. The maximum atomic E-state index is 13.9. The van der Waals surface area contributed by atoms with Gasteiger partial charge in [-0.05, 0) is 44.5 Å². The molecule has 21 heavy (non-hydrogen) atoms. The lowest BCUT2D eigenvalue weighted by molar-refractivity contribution is -0.127. The molecule has 0 saturated heterocycles. The number of hydrogen-bond donors (Lipinski definition) is 2. The van der Waals surface area contributed by atoms with Crippen molar-refractivity contribution in [2.24, 2.45) is 0 Å². The highest BCUT2D eigenvalue weighted by Crippen LogP contribution is 2.24. The van der Waals surface area contributed by atoms with Crippen molar-refractivity contribution in [3.05, 3.63) is 29.3 Å². The van der Waals surface area contributed by atoms with Crippen LogP contribution in [0, 0.1) is 11.6 Å². The van der Waals surface area contributed by atoms with Gasteiger partial charge in [0.1, 0.15) is 0 Å². The number of carbonyl (C=O) groups is 1. The van der Waals surface area contributed by atoms with Gasteiger partial charge in [-0.25, -0.2) is 8.78 Å². The van der Waals surface area contributed by atoms with Gasteiger partial charge in [-0.1, -0.05) is 6.92 Å². The molecule has 0 aliphatic heterocycles. The van der Waals surface area contributed by atoms with E-state index in [1.807, 2.05) is 6.92 Å². The van der Waals surface area contributed by atoms with Crippen LogP contribution in [0.3, 0.4) is 0 Å². The number of nitrogens with one attached hydrogen (secondary N) is 2. The third-order valence-corrected chi connectivity index (χ3v) is 2.83. The molecule has 118 valence electrons. The Morgan fingerprint density at radius 3 is 2.43 bits per heavy atom. The molecule has 1 rings (SSSR count). The van der Waals surface area contributed by atoms with Crippen LogP contribution in [0.15, 0.2) is 12.1 Å². The predicted molar refractivity (Wildman–Crippen MR) is 77.1 cm³/mol. The molecule has 0 radical (unpaired) electrons. The first-order valence-electron chi connectivity index (χ1n) is 7.12. The number of benzene rings is 1. The molecule has 1 aromatic carbocycles. The molecule has 1 amide bonds. The average Bonchev–Trinajstić information content (AvgIpc) is 2.43. The minimum atomic E-state index is -0.960. The van der Waals surface area contributed by atoms with Gasteiger partial charge < -0.3 is 15.4 Å². The van der Waals surface area contributed by atoms with E-state index in [4.69, 9.17) is 4.74 Å². The third-order valence-electron chi connectivity index (χ3n) is 2.83. The minimum absolute atomic E-state index is 0.383. The van der Waals surface area contributed by atoms with E-state index in [-0.39, 0.29) is 0 Å². The van der Waals surface area contributed by atoms with E-state index in [0.29, 0.717) is 18.7 Å². The molecule has 0 aliphatic rings. The van der Waals surface area contributed by atoms with Crippen LogP contribution in [0.1, 0.15) is 32.8 Å². The van der Waals surface area contributed by atoms with Crippen LogP contribution < -0.4 is 15.4 Å². The zero-order valence-corrected chi connectivity index (χ0v) is 12.6. The molecule has 0 bridgehead atoms. The number of carbonyl (C=O) groups excluding carboxylic acids is 1. The Morgan fingerprint density at radius 2 is 1.90 bits per heavy atom. The van der Waals surface area contributed by atoms with Gasteiger partial charge in [0.25, 0.3) is 5.91 Å². The van der Waals surface area contributed by atoms with E-state index in [1.165, 1.54) is 19.1 Å². The van der Waals surface area contributed by atoms with Crippen molar-refractivity contribution >= 4 is 5.91 Å². The fourth-order valence-electron chi connectivity index (χ4n) is 1.78. The van der Waals surface area contributed by atoms with Crippen LogP contribution in [-0.2, 0) is 11.3 Å². The van der Waals surface area contributed by atoms with Gasteiger partial charge >= 0.3 is 0 Å². The fraction of sp³-hybridized carbons (Fsp3) is 0.533. The topological polar surface area (TPSA) is 50.4 Å². The summed E-state index contributed by atoms with van der Waals surface area (Å²) in [6.45, 7) is 6.79. The van der Waals surface area contributed by atoms with Crippen LogP contribution in [0.5, 0.6) is 5.75 Å². The molecule has 0 spiro atoms. The summed E-state index contributed by atoms with van der Waals surface area (Å²) in [4.78, 5) is 11.5. The molecule has 0 heterocycles. The summed E-state index contributed by atoms with van der Waals surface area (Å²) in [6, 6.07) is 2.43. The van der Waals surface area contributed by atoms with E-state index >= 15 is 0 Å². The molecule has 6 heteroatoms. The van der Waals surface area contributed by atoms with Crippen molar-refractivity contribution in [1.82, 2.24) is 10.6 Å². The average molecular weight is 300 g/mol. The highest BCUT2D eigenvalue weighted by atomic mass is 19.1. The van der Waals surface area contributed by atoms with Crippen molar-refractivity contribution < 1.29 is 18.3 Å². The number of likely N-dealkylation sites (N-methyl/N-ethyl adjacent to an activating group) is 1. The van der Waals surface area contributed by atoms with Gasteiger partial charge in [-0.3, -0.25) is 4.79 Å². The maximum absolute atomic E-state index is 13.9. The van der Waals surface area contributed by atoms with Crippen molar-refractivity contribution in [3.63, 3.8) is 0 Å². The molecule has 0 saturated carbocycles. The molecule has 0 fully saturated rings. The minimum Gasteiger partial charge on any atom is -0.475 e. The van der Waals surface area contributed by atoms with E-state index in [9.17, 15) is 13.6 Å². The van der Waals surface area contributed by atoms with Crippen LogP contribution in [0.2, 0.25) is 0 Å². The SMILES string of the molecule is CCCNCc1cc(F)c(OC(C)C(=O)NCC)c(F)c1. The molecule has 2 N–H and O–H groups in total. The summed E-state index contributed by atoms with van der Waals surface area (Å²) in [5, 5.41) is 5.59. The molecule has 0 aliphatic carbocycles. The van der Waals surface area contributed by atoms with Crippen LogP contribution in [-0.4, -0.2) is 25.1 Å². The first kappa shape index (κ1) is 17.4. The zero-order chi connectivity index (χ0) is 15.8. The third kappa shape index (κ3) is 5.30. The lowest BCUT2D eigenvalue weighted by Gasteiger charge is -2.16. The number of hydrogen-bond acceptors (Lipinski definition) is 3. The van der Waals surface area contributed by atoms with Gasteiger partial charge in [0.05, 0.1) is 0 Å². The summed E-state index contributed by atoms with van der Waals surface area (Å²) in [7, 11) is 0. The first-order valence-corrected chi connectivity index (χ1v) is 7.12. The Labute approximate surface area is 123 Å². The Balaban J connectivity index is 2.77. The summed E-state index contributed by atoms with van der Waals surface area (Å²) in [5.74, 6) is -2.54.